The molecule has 128 valence electrons. The van der Waals surface area contributed by atoms with Crippen molar-refractivity contribution in [3.05, 3.63) is 71.5 Å². The molecule has 1 amide bonds. The molecule has 2 rings (SSSR count). The summed E-state index contributed by atoms with van der Waals surface area (Å²) >= 11 is 1.41. The minimum atomic E-state index is -0.597. The lowest BCUT2D eigenvalue weighted by Gasteiger charge is -2.22. The first-order chi connectivity index (χ1) is 11.5. The number of aliphatic hydroxyl groups is 1. The zero-order chi connectivity index (χ0) is 17.5. The minimum absolute atomic E-state index is 0.0375. The lowest BCUT2D eigenvalue weighted by Crippen LogP contribution is -2.33. The van der Waals surface area contributed by atoms with Crippen molar-refractivity contribution in [1.29, 1.82) is 0 Å². The maximum absolute atomic E-state index is 13.2. The first kappa shape index (κ1) is 18.5. The highest BCUT2D eigenvalue weighted by molar-refractivity contribution is 8.00. The summed E-state index contributed by atoms with van der Waals surface area (Å²) in [5, 5.41) is 9.89. The molecule has 5 heteroatoms. The molecule has 24 heavy (non-hydrogen) atoms. The number of hydrogen-bond acceptors (Lipinski definition) is 3. The van der Waals surface area contributed by atoms with Crippen LogP contribution in [-0.2, 0) is 11.3 Å². The van der Waals surface area contributed by atoms with Crippen molar-refractivity contribution in [3.63, 3.8) is 0 Å². The number of carbonyl (C=O) groups excluding carboxylic acids is 1. The predicted molar refractivity (Wildman–Crippen MR) is 96.2 cm³/mol. The SMILES string of the molecule is CC(SCC(O)c1ccccc1)C(=O)N(C)Cc1cccc(F)c1. The molecule has 3 nitrogen and oxygen atoms in total. The van der Waals surface area contributed by atoms with Crippen molar-refractivity contribution >= 4 is 17.7 Å². The average molecular weight is 347 g/mol. The van der Waals surface area contributed by atoms with Crippen LogP contribution in [0.4, 0.5) is 4.39 Å². The van der Waals surface area contributed by atoms with Crippen LogP contribution in [0, 0.1) is 5.82 Å². The van der Waals surface area contributed by atoms with Gasteiger partial charge in [-0.05, 0) is 30.2 Å². The van der Waals surface area contributed by atoms with Crippen molar-refractivity contribution in [2.24, 2.45) is 0 Å². The van der Waals surface area contributed by atoms with Crippen molar-refractivity contribution in [2.45, 2.75) is 24.8 Å². The first-order valence-electron chi connectivity index (χ1n) is 7.81. The largest absolute Gasteiger partial charge is 0.388 e. The van der Waals surface area contributed by atoms with E-state index in [-0.39, 0.29) is 17.0 Å². The lowest BCUT2D eigenvalue weighted by molar-refractivity contribution is -0.129. The van der Waals surface area contributed by atoms with Gasteiger partial charge in [0, 0.05) is 19.3 Å². The zero-order valence-electron chi connectivity index (χ0n) is 13.9. The van der Waals surface area contributed by atoms with E-state index in [0.29, 0.717) is 12.3 Å². The third kappa shape index (κ3) is 5.35. The van der Waals surface area contributed by atoms with Crippen LogP contribution in [0.15, 0.2) is 54.6 Å². The Morgan fingerprint density at radius 3 is 2.58 bits per heavy atom. The second-order valence-electron chi connectivity index (χ2n) is 5.73. The molecule has 0 aliphatic heterocycles. The Morgan fingerprint density at radius 1 is 1.21 bits per heavy atom. The smallest absolute Gasteiger partial charge is 0.235 e. The standard InChI is InChI=1S/C19H22FNO2S/c1-14(24-13-18(22)16-8-4-3-5-9-16)19(23)21(2)12-15-7-6-10-17(20)11-15/h3-11,14,18,22H,12-13H2,1-2H3. The molecule has 0 fully saturated rings. The molecule has 2 aromatic rings. The molecule has 1 N–H and O–H groups in total. The van der Waals surface area contributed by atoms with Crippen LogP contribution in [-0.4, -0.2) is 34.0 Å². The van der Waals surface area contributed by atoms with Crippen LogP contribution in [0.1, 0.15) is 24.2 Å². The molecule has 0 aromatic heterocycles. The lowest BCUT2D eigenvalue weighted by atomic mass is 10.1. The fourth-order valence-corrected chi connectivity index (χ4v) is 3.36. The Hall–Kier alpha value is -1.85. The van der Waals surface area contributed by atoms with E-state index in [1.807, 2.05) is 37.3 Å². The number of aliphatic hydroxyl groups excluding tert-OH is 1. The summed E-state index contributed by atoms with van der Waals surface area (Å²) in [5.74, 6) is 0.108. The van der Waals surface area contributed by atoms with E-state index >= 15 is 0 Å². The minimum Gasteiger partial charge on any atom is -0.388 e. The second kappa shape index (κ2) is 8.85. The highest BCUT2D eigenvalue weighted by atomic mass is 32.2. The zero-order valence-corrected chi connectivity index (χ0v) is 14.7. The summed E-state index contributed by atoms with van der Waals surface area (Å²) in [5.41, 5.74) is 1.60. The van der Waals surface area contributed by atoms with Gasteiger partial charge >= 0.3 is 0 Å². The fraction of sp³-hybridized carbons (Fsp3) is 0.316. The predicted octanol–water partition coefficient (Wildman–Crippen LogP) is 3.64. The quantitative estimate of drug-likeness (QED) is 0.831. The van der Waals surface area contributed by atoms with E-state index in [1.165, 1.54) is 23.9 Å². The molecule has 2 atom stereocenters. The molecular weight excluding hydrogens is 325 g/mol. The van der Waals surface area contributed by atoms with Crippen molar-refractivity contribution in [1.82, 2.24) is 4.90 Å². The van der Waals surface area contributed by atoms with Crippen LogP contribution in [0.25, 0.3) is 0 Å². The normalized spacial score (nSPS) is 13.3. The molecule has 0 heterocycles. The number of halogens is 1. The number of hydrogen-bond donors (Lipinski definition) is 1. The summed E-state index contributed by atoms with van der Waals surface area (Å²) in [7, 11) is 1.71. The summed E-state index contributed by atoms with van der Waals surface area (Å²) in [4.78, 5) is 14.0. The van der Waals surface area contributed by atoms with Gasteiger partial charge in [0.25, 0.3) is 0 Å². The van der Waals surface area contributed by atoms with Gasteiger partial charge in [0.05, 0.1) is 11.4 Å². The van der Waals surface area contributed by atoms with Crippen LogP contribution >= 0.6 is 11.8 Å². The van der Waals surface area contributed by atoms with Crippen LogP contribution < -0.4 is 0 Å². The Balaban J connectivity index is 1.85. The fourth-order valence-electron chi connectivity index (χ4n) is 2.38. The van der Waals surface area contributed by atoms with Crippen LogP contribution in [0.3, 0.4) is 0 Å². The van der Waals surface area contributed by atoms with Crippen LogP contribution in [0.5, 0.6) is 0 Å². The van der Waals surface area contributed by atoms with E-state index in [4.69, 9.17) is 0 Å². The van der Waals surface area contributed by atoms with E-state index in [2.05, 4.69) is 0 Å². The Kier molecular flexibility index (Phi) is 6.82. The number of benzene rings is 2. The number of amides is 1. The summed E-state index contributed by atoms with van der Waals surface area (Å²) in [6.45, 7) is 2.19. The molecule has 0 bridgehead atoms. The highest BCUT2D eigenvalue weighted by Gasteiger charge is 2.20. The maximum atomic E-state index is 13.2. The molecule has 0 saturated heterocycles. The van der Waals surface area contributed by atoms with Gasteiger partial charge in [-0.2, -0.15) is 0 Å². The molecular formula is C19H22FNO2S. The highest BCUT2D eigenvalue weighted by Crippen LogP contribution is 2.22. The van der Waals surface area contributed by atoms with Gasteiger partial charge < -0.3 is 10.0 Å². The van der Waals surface area contributed by atoms with Gasteiger partial charge in [-0.25, -0.2) is 4.39 Å². The monoisotopic (exact) mass is 347 g/mol. The van der Waals surface area contributed by atoms with E-state index in [9.17, 15) is 14.3 Å². The molecule has 0 spiro atoms. The van der Waals surface area contributed by atoms with Crippen molar-refractivity contribution < 1.29 is 14.3 Å². The van der Waals surface area contributed by atoms with Gasteiger partial charge in [0.2, 0.25) is 5.91 Å². The molecule has 0 saturated carbocycles. The van der Waals surface area contributed by atoms with E-state index in [1.54, 1.807) is 24.1 Å². The summed E-state index contributed by atoms with van der Waals surface area (Å²) < 4.78 is 13.2. The Morgan fingerprint density at radius 2 is 1.92 bits per heavy atom. The molecule has 0 aliphatic carbocycles. The summed E-state index contributed by atoms with van der Waals surface area (Å²) in [6, 6.07) is 15.6. The number of rotatable bonds is 7. The Labute approximate surface area is 146 Å². The number of nitrogens with zero attached hydrogens (tertiary/aromatic N) is 1. The molecule has 0 radical (unpaired) electrons. The Bertz CT molecular complexity index is 665. The van der Waals surface area contributed by atoms with Gasteiger partial charge in [0.1, 0.15) is 5.82 Å². The third-order valence-electron chi connectivity index (χ3n) is 3.72. The van der Waals surface area contributed by atoms with Crippen LogP contribution in [0.2, 0.25) is 0 Å². The van der Waals surface area contributed by atoms with E-state index < -0.39 is 6.10 Å². The molecule has 2 aromatic carbocycles. The first-order valence-corrected chi connectivity index (χ1v) is 8.86. The van der Waals surface area contributed by atoms with Crippen molar-refractivity contribution in [2.75, 3.05) is 12.8 Å². The average Bonchev–Trinajstić information content (AvgIpc) is 2.59. The topological polar surface area (TPSA) is 40.5 Å². The van der Waals surface area contributed by atoms with Gasteiger partial charge in [-0.15, -0.1) is 11.8 Å². The third-order valence-corrected chi connectivity index (χ3v) is 4.93. The van der Waals surface area contributed by atoms with Gasteiger partial charge in [-0.3, -0.25) is 4.79 Å². The number of carbonyl (C=O) groups is 1. The molecule has 0 aliphatic rings. The van der Waals surface area contributed by atoms with Crippen molar-refractivity contribution in [3.8, 4) is 0 Å². The summed E-state index contributed by atoms with van der Waals surface area (Å²) in [6.07, 6.45) is -0.597. The van der Waals surface area contributed by atoms with Gasteiger partial charge in [0.15, 0.2) is 0 Å². The van der Waals surface area contributed by atoms with E-state index in [0.717, 1.165) is 11.1 Å². The second-order valence-corrected chi connectivity index (χ2v) is 7.10. The maximum Gasteiger partial charge on any atom is 0.235 e. The molecule has 2 unspecified atom stereocenters. The number of thioether (sulfide) groups is 1. The van der Waals surface area contributed by atoms with Gasteiger partial charge in [-0.1, -0.05) is 42.5 Å².